The number of benzene rings is 1. The summed E-state index contributed by atoms with van der Waals surface area (Å²) in [6.07, 6.45) is 1.02. The number of hydrogen-bond acceptors (Lipinski definition) is 5. The molecular weight excluding hydrogens is 298 g/mol. The molecule has 1 aromatic carbocycles. The van der Waals surface area contributed by atoms with Crippen LogP contribution >= 0.6 is 11.3 Å². The van der Waals surface area contributed by atoms with Gasteiger partial charge in [0.05, 0.1) is 17.8 Å². The Morgan fingerprint density at radius 1 is 1.45 bits per heavy atom. The number of carbonyl (C=O) groups is 1. The number of aliphatic hydroxyl groups excluding tert-OH is 1. The Balaban J connectivity index is 1.66. The van der Waals surface area contributed by atoms with E-state index in [1.54, 1.807) is 0 Å². The predicted molar refractivity (Wildman–Crippen MR) is 88.0 cm³/mol. The van der Waals surface area contributed by atoms with Crippen LogP contribution in [0, 0.1) is 0 Å². The number of nitrogens with zero attached hydrogens (tertiary/aromatic N) is 1. The third-order valence-electron chi connectivity index (χ3n) is 3.82. The van der Waals surface area contributed by atoms with E-state index in [0.717, 1.165) is 17.7 Å². The minimum Gasteiger partial charge on any atom is -0.392 e. The molecule has 0 bridgehead atoms. The van der Waals surface area contributed by atoms with Gasteiger partial charge in [0.2, 0.25) is 5.91 Å². The topological polar surface area (TPSA) is 74.2 Å². The molecule has 2 atom stereocenters. The first kappa shape index (κ1) is 15.1. The Kier molecular flexibility index (Phi) is 4.52. The third kappa shape index (κ3) is 3.35. The molecule has 0 saturated carbocycles. The van der Waals surface area contributed by atoms with Crippen LogP contribution in [0.3, 0.4) is 0 Å². The monoisotopic (exact) mass is 317 g/mol. The number of β-amino-alcohol motifs (C(OH)–C–C–N with tert-alkyl or cyclic N) is 1. The van der Waals surface area contributed by atoms with Crippen molar-refractivity contribution in [2.75, 3.05) is 11.9 Å². The number of aryl methyl sites for hydroxylation is 1. The van der Waals surface area contributed by atoms with Gasteiger partial charge in [-0.3, -0.25) is 4.79 Å². The SMILES string of the molecule is CCc1ccc(-c2csc(NC(=O)[C@H]3C[C@H](O)CN3)n2)cc1. The summed E-state index contributed by atoms with van der Waals surface area (Å²) in [5.74, 6) is -0.140. The van der Waals surface area contributed by atoms with Crippen LogP contribution in [-0.4, -0.2) is 34.7 Å². The second-order valence-electron chi connectivity index (χ2n) is 5.43. The van der Waals surface area contributed by atoms with E-state index in [-0.39, 0.29) is 11.9 Å². The van der Waals surface area contributed by atoms with Gasteiger partial charge in [-0.05, 0) is 18.4 Å². The molecule has 116 valence electrons. The molecule has 1 amide bonds. The molecule has 0 spiro atoms. The summed E-state index contributed by atoms with van der Waals surface area (Å²) in [7, 11) is 0. The van der Waals surface area contributed by atoms with Gasteiger partial charge in [0.15, 0.2) is 5.13 Å². The highest BCUT2D eigenvalue weighted by Gasteiger charge is 2.28. The van der Waals surface area contributed by atoms with Gasteiger partial charge in [0.25, 0.3) is 0 Å². The summed E-state index contributed by atoms with van der Waals surface area (Å²) in [6.45, 7) is 2.59. The second-order valence-corrected chi connectivity index (χ2v) is 6.29. The van der Waals surface area contributed by atoms with E-state index in [2.05, 4.69) is 34.7 Å². The molecule has 1 aromatic heterocycles. The number of hydrogen-bond donors (Lipinski definition) is 3. The molecular formula is C16H19N3O2S. The Hall–Kier alpha value is -1.76. The molecule has 0 unspecified atom stereocenters. The zero-order valence-corrected chi connectivity index (χ0v) is 13.2. The number of nitrogens with one attached hydrogen (secondary N) is 2. The summed E-state index contributed by atoms with van der Waals surface area (Å²) < 4.78 is 0. The fraction of sp³-hybridized carbons (Fsp3) is 0.375. The van der Waals surface area contributed by atoms with Crippen LogP contribution in [0.2, 0.25) is 0 Å². The number of carbonyl (C=O) groups excluding carboxylic acids is 1. The fourth-order valence-corrected chi connectivity index (χ4v) is 3.21. The molecule has 5 nitrogen and oxygen atoms in total. The highest BCUT2D eigenvalue weighted by molar-refractivity contribution is 7.14. The van der Waals surface area contributed by atoms with E-state index in [9.17, 15) is 9.90 Å². The Bertz CT molecular complexity index is 654. The lowest BCUT2D eigenvalue weighted by atomic mass is 10.1. The van der Waals surface area contributed by atoms with Crippen molar-refractivity contribution in [3.63, 3.8) is 0 Å². The Labute approximate surface area is 133 Å². The first-order chi connectivity index (χ1) is 10.7. The van der Waals surface area contributed by atoms with Crippen LogP contribution in [0.25, 0.3) is 11.3 Å². The van der Waals surface area contributed by atoms with E-state index in [1.165, 1.54) is 16.9 Å². The first-order valence-corrected chi connectivity index (χ1v) is 8.31. The summed E-state index contributed by atoms with van der Waals surface area (Å²) in [6, 6.07) is 7.95. The van der Waals surface area contributed by atoms with Gasteiger partial charge in [-0.15, -0.1) is 11.3 Å². The third-order valence-corrected chi connectivity index (χ3v) is 4.57. The number of rotatable bonds is 4. The smallest absolute Gasteiger partial charge is 0.243 e. The van der Waals surface area contributed by atoms with Gasteiger partial charge in [0, 0.05) is 17.5 Å². The molecule has 6 heteroatoms. The van der Waals surface area contributed by atoms with Crippen molar-refractivity contribution in [2.45, 2.75) is 31.9 Å². The van der Waals surface area contributed by atoms with Crippen LogP contribution in [0.5, 0.6) is 0 Å². The van der Waals surface area contributed by atoms with E-state index < -0.39 is 6.10 Å². The number of thiazole rings is 1. The van der Waals surface area contributed by atoms with Crippen molar-refractivity contribution in [1.82, 2.24) is 10.3 Å². The molecule has 1 saturated heterocycles. The molecule has 1 fully saturated rings. The summed E-state index contributed by atoms with van der Waals surface area (Å²) in [5, 5.41) is 17.8. The van der Waals surface area contributed by atoms with Crippen molar-refractivity contribution >= 4 is 22.4 Å². The van der Waals surface area contributed by atoms with Crippen LogP contribution in [0.15, 0.2) is 29.6 Å². The average molecular weight is 317 g/mol. The summed E-state index contributed by atoms with van der Waals surface area (Å²) in [4.78, 5) is 16.5. The normalized spacial score (nSPS) is 21.0. The Morgan fingerprint density at radius 3 is 2.86 bits per heavy atom. The second kappa shape index (κ2) is 6.56. The zero-order chi connectivity index (χ0) is 15.5. The van der Waals surface area contributed by atoms with Crippen LogP contribution in [-0.2, 0) is 11.2 Å². The van der Waals surface area contributed by atoms with Gasteiger partial charge in [-0.1, -0.05) is 31.2 Å². The number of aromatic nitrogens is 1. The number of amides is 1. The molecule has 2 heterocycles. The molecule has 0 radical (unpaired) electrons. The molecule has 1 aliphatic heterocycles. The van der Waals surface area contributed by atoms with Crippen LogP contribution in [0.4, 0.5) is 5.13 Å². The lowest BCUT2D eigenvalue weighted by Gasteiger charge is -2.08. The predicted octanol–water partition coefficient (Wildman–Crippen LogP) is 2.03. The van der Waals surface area contributed by atoms with Gasteiger partial charge in [-0.25, -0.2) is 4.98 Å². The molecule has 3 N–H and O–H groups in total. The number of anilines is 1. The first-order valence-electron chi connectivity index (χ1n) is 7.43. The van der Waals surface area contributed by atoms with Gasteiger partial charge < -0.3 is 15.7 Å². The maximum absolute atomic E-state index is 12.1. The van der Waals surface area contributed by atoms with E-state index >= 15 is 0 Å². The van der Waals surface area contributed by atoms with Gasteiger partial charge in [-0.2, -0.15) is 0 Å². The van der Waals surface area contributed by atoms with E-state index in [4.69, 9.17) is 0 Å². The largest absolute Gasteiger partial charge is 0.392 e. The van der Waals surface area contributed by atoms with Crippen molar-refractivity contribution in [1.29, 1.82) is 0 Å². The van der Waals surface area contributed by atoms with Gasteiger partial charge in [0.1, 0.15) is 0 Å². The minimum atomic E-state index is -0.445. The zero-order valence-electron chi connectivity index (χ0n) is 12.4. The summed E-state index contributed by atoms with van der Waals surface area (Å²) >= 11 is 1.41. The molecule has 1 aliphatic rings. The fourth-order valence-electron chi connectivity index (χ4n) is 2.48. The maximum Gasteiger partial charge on any atom is 0.243 e. The molecule has 2 aromatic rings. The Morgan fingerprint density at radius 2 is 2.23 bits per heavy atom. The maximum atomic E-state index is 12.1. The van der Waals surface area contributed by atoms with Crippen molar-refractivity contribution in [2.24, 2.45) is 0 Å². The minimum absolute atomic E-state index is 0.140. The molecule has 3 rings (SSSR count). The van der Waals surface area contributed by atoms with E-state index in [1.807, 2.05) is 17.5 Å². The molecule has 0 aliphatic carbocycles. The lowest BCUT2D eigenvalue weighted by molar-refractivity contribution is -0.117. The highest BCUT2D eigenvalue weighted by Crippen LogP contribution is 2.25. The molecule has 22 heavy (non-hydrogen) atoms. The van der Waals surface area contributed by atoms with Crippen molar-refractivity contribution in [3.05, 3.63) is 35.2 Å². The average Bonchev–Trinajstić information content (AvgIpc) is 3.16. The van der Waals surface area contributed by atoms with Crippen LogP contribution < -0.4 is 10.6 Å². The lowest BCUT2D eigenvalue weighted by Crippen LogP contribution is -2.35. The quantitative estimate of drug-likeness (QED) is 0.807. The van der Waals surface area contributed by atoms with Gasteiger partial charge >= 0.3 is 0 Å². The number of aliphatic hydroxyl groups is 1. The van der Waals surface area contributed by atoms with Crippen molar-refractivity contribution in [3.8, 4) is 11.3 Å². The highest BCUT2D eigenvalue weighted by atomic mass is 32.1. The van der Waals surface area contributed by atoms with Crippen molar-refractivity contribution < 1.29 is 9.90 Å². The van der Waals surface area contributed by atoms with Crippen LogP contribution in [0.1, 0.15) is 18.9 Å². The standard InChI is InChI=1S/C16H19N3O2S/c1-2-10-3-5-11(6-4-10)14-9-22-16(18-14)19-15(21)13-7-12(20)8-17-13/h3-6,9,12-13,17,20H,2,7-8H2,1H3,(H,18,19,21)/t12-,13+/m0/s1. The summed E-state index contributed by atoms with van der Waals surface area (Å²) in [5.41, 5.74) is 3.20. The van der Waals surface area contributed by atoms with E-state index in [0.29, 0.717) is 18.1 Å².